The van der Waals surface area contributed by atoms with E-state index in [0.717, 1.165) is 13.0 Å². The molecule has 2 heteroatoms. The van der Waals surface area contributed by atoms with Gasteiger partial charge in [0.15, 0.2) is 0 Å². The monoisotopic (exact) mass is 155 g/mol. The van der Waals surface area contributed by atoms with Crippen LogP contribution in [0.15, 0.2) is 0 Å². The van der Waals surface area contributed by atoms with Crippen LogP contribution in [-0.4, -0.2) is 24.4 Å². The summed E-state index contributed by atoms with van der Waals surface area (Å²) in [6.07, 6.45) is 4.42. The lowest BCUT2D eigenvalue weighted by atomic mass is 9.92. The second-order valence-corrected chi connectivity index (χ2v) is 3.46. The largest absolute Gasteiger partial charge is 0.346 e. The Labute approximate surface area is 68.6 Å². The third-order valence-corrected chi connectivity index (χ3v) is 2.46. The van der Waals surface area contributed by atoms with Gasteiger partial charge < -0.3 is 4.90 Å². The van der Waals surface area contributed by atoms with E-state index < -0.39 is 0 Å². The third kappa shape index (κ3) is 2.21. The quantitative estimate of drug-likeness (QED) is 0.594. The van der Waals surface area contributed by atoms with Crippen molar-refractivity contribution in [3.8, 4) is 0 Å². The van der Waals surface area contributed by atoms with Crippen LogP contribution < -0.4 is 0 Å². The molecular weight excluding hydrogens is 138 g/mol. The Morgan fingerprint density at radius 2 is 2.36 bits per heavy atom. The van der Waals surface area contributed by atoms with E-state index in [1.165, 1.54) is 19.3 Å². The van der Waals surface area contributed by atoms with Gasteiger partial charge in [-0.25, -0.2) is 0 Å². The third-order valence-electron chi connectivity index (χ3n) is 2.46. The highest BCUT2D eigenvalue weighted by atomic mass is 16.2. The summed E-state index contributed by atoms with van der Waals surface area (Å²) in [4.78, 5) is 13.0. The molecule has 1 aliphatic rings. The van der Waals surface area contributed by atoms with Crippen molar-refractivity contribution in [2.75, 3.05) is 13.6 Å². The average molecular weight is 155 g/mol. The average Bonchev–Trinajstić information content (AvgIpc) is 1.98. The summed E-state index contributed by atoms with van der Waals surface area (Å²) in [5.74, 6) is 0.999. The van der Waals surface area contributed by atoms with Crippen LogP contribution in [0.3, 0.4) is 0 Å². The predicted octanol–water partition coefficient (Wildman–Crippen LogP) is 1.65. The number of piperidine rings is 1. The summed E-state index contributed by atoms with van der Waals surface area (Å²) in [7, 11) is 1.89. The van der Waals surface area contributed by atoms with Crippen LogP contribution in [0.5, 0.6) is 0 Å². The molecule has 1 aliphatic heterocycles. The first kappa shape index (κ1) is 8.57. The number of nitrogens with zero attached hydrogens (tertiary/aromatic N) is 1. The van der Waals surface area contributed by atoms with Crippen LogP contribution in [0.1, 0.15) is 32.6 Å². The summed E-state index contributed by atoms with van der Waals surface area (Å²) in [5.41, 5.74) is 0. The van der Waals surface area contributed by atoms with E-state index in [9.17, 15) is 4.79 Å². The zero-order valence-electron chi connectivity index (χ0n) is 7.47. The van der Waals surface area contributed by atoms with Gasteiger partial charge >= 0.3 is 0 Å². The van der Waals surface area contributed by atoms with Crippen molar-refractivity contribution in [1.29, 1.82) is 0 Å². The first-order chi connectivity index (χ1) is 5.24. The van der Waals surface area contributed by atoms with Gasteiger partial charge in [-0.3, -0.25) is 4.79 Å². The van der Waals surface area contributed by atoms with Gasteiger partial charge in [0.05, 0.1) is 0 Å². The van der Waals surface area contributed by atoms with Crippen LogP contribution in [-0.2, 0) is 4.79 Å². The van der Waals surface area contributed by atoms with Crippen LogP contribution in [0.4, 0.5) is 0 Å². The lowest BCUT2D eigenvalue weighted by Gasteiger charge is -2.28. The van der Waals surface area contributed by atoms with E-state index in [1.807, 2.05) is 11.9 Å². The number of carbonyl (C=O) groups is 1. The molecule has 0 unspecified atom stereocenters. The molecule has 64 valence electrons. The molecule has 0 aromatic rings. The van der Waals surface area contributed by atoms with E-state index in [4.69, 9.17) is 0 Å². The Morgan fingerprint density at radius 1 is 1.64 bits per heavy atom. The zero-order chi connectivity index (χ0) is 8.27. The Hall–Kier alpha value is -0.530. The minimum Gasteiger partial charge on any atom is -0.346 e. The van der Waals surface area contributed by atoms with Gasteiger partial charge in [-0.15, -0.1) is 0 Å². The maximum Gasteiger partial charge on any atom is 0.222 e. The Bertz CT molecular complexity index is 144. The fourth-order valence-electron chi connectivity index (χ4n) is 1.66. The summed E-state index contributed by atoms with van der Waals surface area (Å²) in [6, 6.07) is 0. The molecule has 1 atom stereocenters. The zero-order valence-corrected chi connectivity index (χ0v) is 7.47. The molecule has 0 bridgehead atoms. The molecule has 2 nitrogen and oxygen atoms in total. The number of likely N-dealkylation sites (tertiary alicyclic amines) is 1. The van der Waals surface area contributed by atoms with Crippen LogP contribution in [0.25, 0.3) is 0 Å². The number of hydrogen-bond donors (Lipinski definition) is 0. The first-order valence-electron chi connectivity index (χ1n) is 4.48. The van der Waals surface area contributed by atoms with Gasteiger partial charge in [-0.2, -0.15) is 0 Å². The van der Waals surface area contributed by atoms with Gasteiger partial charge in [-0.1, -0.05) is 19.8 Å². The highest BCUT2D eigenvalue weighted by Gasteiger charge is 2.21. The van der Waals surface area contributed by atoms with Gasteiger partial charge in [0, 0.05) is 20.0 Å². The van der Waals surface area contributed by atoms with Crippen molar-refractivity contribution in [3.05, 3.63) is 0 Å². The van der Waals surface area contributed by atoms with Crippen molar-refractivity contribution in [2.45, 2.75) is 32.6 Å². The number of hydrogen-bond acceptors (Lipinski definition) is 1. The fraction of sp³-hybridized carbons (Fsp3) is 0.889. The number of carbonyl (C=O) groups excluding carboxylic acids is 1. The van der Waals surface area contributed by atoms with Gasteiger partial charge in [0.25, 0.3) is 0 Å². The molecule has 0 saturated carbocycles. The number of rotatable bonds is 2. The highest BCUT2D eigenvalue weighted by molar-refractivity contribution is 5.76. The van der Waals surface area contributed by atoms with E-state index in [0.29, 0.717) is 11.8 Å². The first-order valence-corrected chi connectivity index (χ1v) is 4.48. The Morgan fingerprint density at radius 3 is 2.91 bits per heavy atom. The van der Waals surface area contributed by atoms with Crippen molar-refractivity contribution < 1.29 is 4.79 Å². The maximum absolute atomic E-state index is 11.2. The smallest absolute Gasteiger partial charge is 0.222 e. The SMILES string of the molecule is CCC[C@H]1CCN(C)C(=O)C1. The fourth-order valence-corrected chi connectivity index (χ4v) is 1.66. The molecule has 11 heavy (non-hydrogen) atoms. The molecule has 1 fully saturated rings. The summed E-state index contributed by atoms with van der Waals surface area (Å²) in [5, 5.41) is 0. The highest BCUT2D eigenvalue weighted by Crippen LogP contribution is 2.21. The molecule has 1 saturated heterocycles. The van der Waals surface area contributed by atoms with E-state index in [1.54, 1.807) is 0 Å². The van der Waals surface area contributed by atoms with Gasteiger partial charge in [0.2, 0.25) is 5.91 Å². The molecule has 1 amide bonds. The maximum atomic E-state index is 11.2. The van der Waals surface area contributed by atoms with E-state index in [-0.39, 0.29) is 0 Å². The van der Waals surface area contributed by atoms with Crippen LogP contribution in [0, 0.1) is 5.92 Å². The molecule has 0 aliphatic carbocycles. The minimum absolute atomic E-state index is 0.328. The van der Waals surface area contributed by atoms with E-state index >= 15 is 0 Å². The topological polar surface area (TPSA) is 20.3 Å². The molecule has 0 spiro atoms. The van der Waals surface area contributed by atoms with Crippen molar-refractivity contribution in [1.82, 2.24) is 4.90 Å². The molecule has 0 N–H and O–H groups in total. The molecule has 0 aromatic heterocycles. The molecular formula is C9H17NO. The van der Waals surface area contributed by atoms with Crippen molar-refractivity contribution in [3.63, 3.8) is 0 Å². The van der Waals surface area contributed by atoms with Crippen molar-refractivity contribution >= 4 is 5.91 Å². The standard InChI is InChI=1S/C9H17NO/c1-3-4-8-5-6-10(2)9(11)7-8/h8H,3-7H2,1-2H3/t8-/m0/s1. The van der Waals surface area contributed by atoms with E-state index in [2.05, 4.69) is 6.92 Å². The summed E-state index contributed by atoms with van der Waals surface area (Å²) >= 11 is 0. The lowest BCUT2D eigenvalue weighted by molar-refractivity contribution is -0.133. The molecule has 1 rings (SSSR count). The number of amides is 1. The summed E-state index contributed by atoms with van der Waals surface area (Å²) in [6.45, 7) is 3.15. The molecule has 0 aromatic carbocycles. The Balaban J connectivity index is 2.34. The van der Waals surface area contributed by atoms with Gasteiger partial charge in [0.1, 0.15) is 0 Å². The van der Waals surface area contributed by atoms with Gasteiger partial charge in [-0.05, 0) is 12.3 Å². The second-order valence-electron chi connectivity index (χ2n) is 3.46. The molecule has 0 radical (unpaired) electrons. The normalized spacial score (nSPS) is 25.8. The Kier molecular flexibility index (Phi) is 2.92. The van der Waals surface area contributed by atoms with Crippen LogP contribution in [0.2, 0.25) is 0 Å². The molecule has 1 heterocycles. The lowest BCUT2D eigenvalue weighted by Crippen LogP contribution is -2.35. The second kappa shape index (κ2) is 3.74. The summed E-state index contributed by atoms with van der Waals surface area (Å²) < 4.78 is 0. The predicted molar refractivity (Wildman–Crippen MR) is 45.3 cm³/mol. The minimum atomic E-state index is 0.328. The van der Waals surface area contributed by atoms with Crippen LogP contribution >= 0.6 is 0 Å². The van der Waals surface area contributed by atoms with Crippen molar-refractivity contribution in [2.24, 2.45) is 5.92 Å².